The lowest BCUT2D eigenvalue weighted by Crippen LogP contribution is -2.78. The second-order valence-electron chi connectivity index (χ2n) is 18.3. The summed E-state index contributed by atoms with van der Waals surface area (Å²) in [6.45, 7) is 9.34. The van der Waals surface area contributed by atoms with Gasteiger partial charge in [-0.2, -0.15) is 0 Å². The normalized spacial score (nSPS) is 12.7. The van der Waals surface area contributed by atoms with Crippen LogP contribution in [-0.4, -0.2) is 61.7 Å². The monoisotopic (exact) mass is 969 g/mol. The molecular weight excluding hydrogens is 902 g/mol. The van der Waals surface area contributed by atoms with Gasteiger partial charge in [-0.3, -0.25) is 35.6 Å². The van der Waals surface area contributed by atoms with Gasteiger partial charge in [0, 0.05) is 45.5 Å². The number of guanidine groups is 1. The molecule has 0 aliphatic heterocycles. The van der Waals surface area contributed by atoms with E-state index in [-0.39, 0.29) is 55.9 Å². The Labute approximate surface area is 410 Å². The Morgan fingerprint density at radius 3 is 1.90 bits per heavy atom. The highest BCUT2D eigenvalue weighted by molar-refractivity contribution is 6.36. The van der Waals surface area contributed by atoms with Gasteiger partial charge in [0.25, 0.3) is 0 Å². The number of benzene rings is 5. The molecule has 68 heavy (non-hydrogen) atoms. The Bertz CT molecular complexity index is 2510. The average molecular weight is 971 g/mol. The first-order chi connectivity index (χ1) is 32.7. The summed E-state index contributed by atoms with van der Waals surface area (Å²) in [4.78, 5) is 59.1. The second kappa shape index (κ2) is 26.7. The first-order valence-electron chi connectivity index (χ1n) is 23.8. The van der Waals surface area contributed by atoms with E-state index in [1.54, 1.807) is 18.2 Å². The zero-order chi connectivity index (χ0) is 49.2. The molecule has 364 valence electrons. The van der Waals surface area contributed by atoms with E-state index >= 15 is 0 Å². The van der Waals surface area contributed by atoms with Crippen LogP contribution in [0.5, 0.6) is 11.5 Å². The molecule has 0 unspecified atom stereocenters. The molecule has 0 aliphatic carbocycles. The maximum atomic E-state index is 14.3. The molecule has 0 heterocycles. The van der Waals surface area contributed by atoms with Crippen LogP contribution in [0, 0.1) is 23.7 Å². The average Bonchev–Trinajstić information content (AvgIpc) is 3.30. The van der Waals surface area contributed by atoms with Gasteiger partial charge in [0.15, 0.2) is 11.6 Å². The Morgan fingerprint density at radius 1 is 0.691 bits per heavy atom. The quantitative estimate of drug-likeness (QED) is 0.0144. The topological polar surface area (TPSA) is 202 Å². The van der Waals surface area contributed by atoms with Gasteiger partial charge in [-0.1, -0.05) is 118 Å². The fraction of sp³-hybridized carbons (Fsp3) is 0.426. The number of amides is 1. The summed E-state index contributed by atoms with van der Waals surface area (Å²) in [5.74, 6) is -1.38. The number of fused-ring (bicyclic) bond motifs is 2. The minimum atomic E-state index is -0.969. The summed E-state index contributed by atoms with van der Waals surface area (Å²) in [7, 11) is 0. The number of Topliss-reactive ketones (excluding diaryl/α,β-unsaturated/α-hetero) is 2. The molecule has 0 saturated heterocycles. The standard InChI is InChI=1S/C54H67Cl2N5O7/c1-34(2)25-28-66-48-23-21-36-13-5-7-16-41(36)50(48)51-42-17-8-6-14-37(42)22-24-49(51)67-32-40(62)30-38(15-9-10-26-57)52(64)61-46(20-12-27-60-54(58)59)47(63)31-39(29-35(3)4)53(65)68-33-43-44(55)18-11-19-45(43)56/h5-8,11,13-14,16-19,21-24,34-35,38-39,46H,9-10,12,15,20,25-33,57H2,1-4H3,(H,61,64)(H4,58,59,60)/p+2/t38-,39+,46+/m0/s1. The lowest BCUT2D eigenvalue weighted by atomic mass is 9.89. The molecule has 9 N–H and O–H groups in total. The van der Waals surface area contributed by atoms with E-state index in [0.29, 0.717) is 72.7 Å². The highest BCUT2D eigenvalue weighted by Crippen LogP contribution is 2.45. The van der Waals surface area contributed by atoms with Crippen LogP contribution in [-0.2, 0) is 30.5 Å². The molecule has 0 spiro atoms. The first kappa shape index (κ1) is 53.3. The van der Waals surface area contributed by atoms with Crippen LogP contribution in [0.25, 0.3) is 32.7 Å². The van der Waals surface area contributed by atoms with Gasteiger partial charge in [0.2, 0.25) is 5.91 Å². The van der Waals surface area contributed by atoms with E-state index in [4.69, 9.17) is 48.9 Å². The number of esters is 1. The van der Waals surface area contributed by atoms with Gasteiger partial charge in [-0.25, -0.2) is 0 Å². The van der Waals surface area contributed by atoms with E-state index in [9.17, 15) is 19.2 Å². The van der Waals surface area contributed by atoms with Crippen molar-refractivity contribution in [3.05, 3.63) is 107 Å². The number of carbonyl (C=O) groups is 4. The Balaban J connectivity index is 1.38. The Kier molecular flexibility index (Phi) is 21.0. The molecule has 3 atom stereocenters. The summed E-state index contributed by atoms with van der Waals surface area (Å²) in [6.07, 6.45) is 3.42. The third-order valence-electron chi connectivity index (χ3n) is 11.9. The third-order valence-corrected chi connectivity index (χ3v) is 12.6. The van der Waals surface area contributed by atoms with Crippen LogP contribution >= 0.6 is 23.2 Å². The van der Waals surface area contributed by atoms with Crippen molar-refractivity contribution in [3.8, 4) is 22.6 Å². The number of halogens is 2. The molecule has 0 saturated carbocycles. The summed E-state index contributed by atoms with van der Waals surface area (Å²) in [5, 5.41) is 7.68. The highest BCUT2D eigenvalue weighted by atomic mass is 35.5. The minimum Gasteiger partial charge on any atom is -0.493 e. The summed E-state index contributed by atoms with van der Waals surface area (Å²) in [6, 6.07) is 28.2. The fourth-order valence-electron chi connectivity index (χ4n) is 8.34. The molecular formula is C54H69Cl2N5O7+2. The number of unbranched alkanes of at least 4 members (excludes halogenated alkanes) is 1. The van der Waals surface area contributed by atoms with E-state index in [1.807, 2.05) is 68.4 Å². The van der Waals surface area contributed by atoms with Gasteiger partial charge < -0.3 is 25.3 Å². The summed E-state index contributed by atoms with van der Waals surface area (Å²) in [5.41, 5.74) is 17.4. The predicted octanol–water partition coefficient (Wildman–Crippen LogP) is 7.74. The molecule has 0 radical (unpaired) electrons. The van der Waals surface area contributed by atoms with E-state index < -0.39 is 29.8 Å². The molecule has 5 rings (SSSR count). The van der Waals surface area contributed by atoms with Gasteiger partial charge in [0.1, 0.15) is 24.7 Å². The van der Waals surface area contributed by atoms with E-state index in [2.05, 4.69) is 48.1 Å². The SMILES string of the molecule is CC(C)CCOc1ccc2ccccc2c1-c1c(OCC(=O)C[C@H](CCCC[NH3+])C(=O)N[C@H](CCC[NH+]=C(N)N)C(=O)C[C@@H](CC(C)C)C(=O)OCc2c(Cl)cccc2Cl)ccc2ccccc12. The largest absolute Gasteiger partial charge is 0.493 e. The number of nitrogens with one attached hydrogen (secondary N) is 2. The van der Waals surface area contributed by atoms with E-state index in [1.165, 1.54) is 0 Å². The Morgan fingerprint density at radius 2 is 1.31 bits per heavy atom. The fourth-order valence-corrected chi connectivity index (χ4v) is 8.85. The molecule has 0 fully saturated rings. The smallest absolute Gasteiger partial charge is 0.338 e. The number of nitrogens with two attached hydrogens (primary N) is 2. The minimum absolute atomic E-state index is 0.0322. The van der Waals surface area contributed by atoms with Crippen LogP contribution < -0.4 is 37.0 Å². The molecule has 1 amide bonds. The number of ketones is 2. The second-order valence-corrected chi connectivity index (χ2v) is 19.1. The van der Waals surface area contributed by atoms with Gasteiger partial charge in [0.05, 0.1) is 31.7 Å². The number of hydrogen-bond acceptors (Lipinski definition) is 7. The summed E-state index contributed by atoms with van der Waals surface area (Å²) < 4.78 is 18.7. The van der Waals surface area contributed by atoms with Crippen molar-refractivity contribution in [2.45, 2.75) is 98.1 Å². The van der Waals surface area contributed by atoms with Crippen molar-refractivity contribution in [2.75, 3.05) is 26.3 Å². The van der Waals surface area contributed by atoms with Crippen molar-refractivity contribution in [3.63, 3.8) is 0 Å². The maximum Gasteiger partial charge on any atom is 0.338 e. The van der Waals surface area contributed by atoms with E-state index in [0.717, 1.165) is 51.3 Å². The third kappa shape index (κ3) is 15.7. The molecule has 5 aromatic rings. The van der Waals surface area contributed by atoms with Crippen LogP contribution in [0.1, 0.15) is 91.0 Å². The zero-order valence-electron chi connectivity index (χ0n) is 39.9. The molecule has 0 aliphatic rings. The van der Waals surface area contributed by atoms with Crippen molar-refractivity contribution < 1.29 is 44.1 Å². The van der Waals surface area contributed by atoms with Gasteiger partial charge in [-0.05, 0) is 103 Å². The van der Waals surface area contributed by atoms with Crippen molar-refractivity contribution in [1.29, 1.82) is 0 Å². The first-order valence-corrected chi connectivity index (χ1v) is 24.6. The molecule has 5 aromatic carbocycles. The van der Waals surface area contributed by atoms with Gasteiger partial charge in [-0.15, -0.1) is 0 Å². The van der Waals surface area contributed by atoms with Crippen LogP contribution in [0.15, 0.2) is 91.0 Å². The van der Waals surface area contributed by atoms with Crippen molar-refractivity contribution in [2.24, 2.45) is 35.1 Å². The number of ether oxygens (including phenoxy) is 3. The summed E-state index contributed by atoms with van der Waals surface area (Å²) >= 11 is 12.7. The molecule has 14 heteroatoms. The van der Waals surface area contributed by atoms with Crippen LogP contribution in [0.4, 0.5) is 0 Å². The van der Waals surface area contributed by atoms with Crippen LogP contribution in [0.3, 0.4) is 0 Å². The van der Waals surface area contributed by atoms with Crippen molar-refractivity contribution in [1.82, 2.24) is 5.32 Å². The number of quaternary nitrogens is 1. The van der Waals surface area contributed by atoms with Crippen LogP contribution in [0.2, 0.25) is 10.0 Å². The molecule has 12 nitrogen and oxygen atoms in total. The van der Waals surface area contributed by atoms with Gasteiger partial charge >= 0.3 is 11.9 Å². The molecule has 0 bridgehead atoms. The highest BCUT2D eigenvalue weighted by Gasteiger charge is 2.32. The lowest BCUT2D eigenvalue weighted by Gasteiger charge is -2.24. The number of carbonyl (C=O) groups excluding carboxylic acids is 4. The lowest BCUT2D eigenvalue weighted by molar-refractivity contribution is -0.459. The van der Waals surface area contributed by atoms with Crippen molar-refractivity contribution >= 4 is 74.1 Å². The zero-order valence-corrected chi connectivity index (χ0v) is 41.4. The Hall–Kier alpha value is -5.69. The number of rotatable bonds is 28. The maximum absolute atomic E-state index is 14.3. The predicted molar refractivity (Wildman–Crippen MR) is 271 cm³/mol. The molecule has 0 aromatic heterocycles. The number of hydrogen-bond donors (Lipinski definition) is 5.